The molecule has 3 fully saturated rings. The van der Waals surface area contributed by atoms with Gasteiger partial charge < -0.3 is 9.22 Å². The van der Waals surface area contributed by atoms with Crippen molar-refractivity contribution in [3.63, 3.8) is 0 Å². The lowest BCUT2D eigenvalue weighted by Gasteiger charge is -2.57. The first kappa shape index (κ1) is 21.5. The van der Waals surface area contributed by atoms with Gasteiger partial charge in [0.15, 0.2) is 0 Å². The van der Waals surface area contributed by atoms with Gasteiger partial charge in [-0.3, -0.25) is 4.79 Å². The van der Waals surface area contributed by atoms with Gasteiger partial charge in [0.1, 0.15) is 12.1 Å². The third-order valence-corrected chi connectivity index (χ3v) is 9.93. The number of hydrogen-bond donors (Lipinski definition) is 0. The predicted molar refractivity (Wildman–Crippen MR) is 118 cm³/mol. The molecule has 0 aromatic rings. The molecule has 4 heteroatoms. The van der Waals surface area contributed by atoms with Gasteiger partial charge in [0.25, 0.3) is 0 Å². The second-order valence-corrected chi connectivity index (χ2v) is 13.8. The van der Waals surface area contributed by atoms with E-state index in [1.165, 1.54) is 11.9 Å². The molecule has 0 aromatic carbocycles. The van der Waals surface area contributed by atoms with Crippen LogP contribution in [0.3, 0.4) is 0 Å². The molecule has 0 aromatic heterocycles. The summed E-state index contributed by atoms with van der Waals surface area (Å²) in [6.45, 7) is 12.0. The van der Waals surface area contributed by atoms with E-state index in [1.54, 1.807) is 0 Å². The first-order valence-corrected chi connectivity index (χ1v) is 14.2. The fourth-order valence-corrected chi connectivity index (χ4v) is 7.99. The Hall–Kier alpha value is -0.743. The number of allylic oxidation sites excluding steroid dienone is 2. The summed E-state index contributed by atoms with van der Waals surface area (Å²) in [5.74, 6) is 2.42. The van der Waals surface area contributed by atoms with Crippen LogP contribution in [0.4, 0.5) is 0 Å². The van der Waals surface area contributed by atoms with Crippen LogP contribution in [-0.2, 0) is 14.0 Å². The summed E-state index contributed by atoms with van der Waals surface area (Å²) in [5.41, 5.74) is 1.21. The number of rotatable bonds is 4. The SMILES string of the molecule is C[Si](C)OC[C@]12CC[C@H]3[C@@H](CC=C4CC(C(C)(C)C)CC[C@@]43C=O)[C@@H]1CCC2=O. The molecule has 6 atom stereocenters. The second-order valence-electron chi connectivity index (χ2n) is 11.7. The van der Waals surface area contributed by atoms with Crippen molar-refractivity contribution < 1.29 is 14.0 Å². The van der Waals surface area contributed by atoms with Gasteiger partial charge in [0.2, 0.25) is 9.04 Å². The van der Waals surface area contributed by atoms with E-state index in [-0.39, 0.29) is 10.8 Å². The van der Waals surface area contributed by atoms with E-state index in [9.17, 15) is 9.59 Å². The zero-order valence-electron chi connectivity index (χ0n) is 19.1. The van der Waals surface area contributed by atoms with Crippen molar-refractivity contribution in [2.24, 2.45) is 39.9 Å². The Balaban J connectivity index is 1.64. The Morgan fingerprint density at radius 3 is 2.59 bits per heavy atom. The molecule has 1 unspecified atom stereocenters. The number of hydrogen-bond acceptors (Lipinski definition) is 3. The number of Topliss-reactive ketones (excluding diaryl/α,β-unsaturated/α-hetero) is 1. The lowest BCUT2D eigenvalue weighted by atomic mass is 9.46. The third kappa shape index (κ3) is 3.33. The van der Waals surface area contributed by atoms with E-state index in [4.69, 9.17) is 4.43 Å². The average Bonchev–Trinajstić information content (AvgIpc) is 3.01. The van der Waals surface area contributed by atoms with Gasteiger partial charge >= 0.3 is 0 Å². The minimum atomic E-state index is -0.804. The number of aldehydes is 1. The third-order valence-electron chi connectivity index (χ3n) is 9.20. The molecule has 0 aliphatic heterocycles. The van der Waals surface area contributed by atoms with Crippen LogP contribution in [0.5, 0.6) is 0 Å². The molecular formula is C25H39O3Si. The lowest BCUT2D eigenvalue weighted by molar-refractivity contribution is -0.139. The highest BCUT2D eigenvalue weighted by Crippen LogP contribution is 2.64. The first-order chi connectivity index (χ1) is 13.6. The summed E-state index contributed by atoms with van der Waals surface area (Å²) in [4.78, 5) is 25.7. The van der Waals surface area contributed by atoms with E-state index < -0.39 is 9.04 Å². The molecule has 4 aliphatic carbocycles. The standard InChI is InChI=1S/C25H39O3Si/c1-23(2,3)17-10-12-24(15-26)18(14-17)6-7-19-20-8-9-22(27)25(20,13-11-21(19)24)16-28-29(4)5/h6,15,17,19-21H,7-14,16H2,1-5H3/t17?,19-,20-,21-,24+,25+/m0/s1. The van der Waals surface area contributed by atoms with Gasteiger partial charge in [-0.1, -0.05) is 32.4 Å². The Labute approximate surface area is 178 Å². The highest BCUT2D eigenvalue weighted by molar-refractivity contribution is 6.48. The van der Waals surface area contributed by atoms with Gasteiger partial charge in [0, 0.05) is 18.4 Å². The van der Waals surface area contributed by atoms with Crippen molar-refractivity contribution in [3.05, 3.63) is 11.6 Å². The lowest BCUT2D eigenvalue weighted by Crippen LogP contribution is -2.54. The maximum absolute atomic E-state index is 13.0. The first-order valence-electron chi connectivity index (χ1n) is 11.8. The summed E-state index contributed by atoms with van der Waals surface area (Å²) in [5, 5.41) is 0. The molecule has 0 bridgehead atoms. The molecule has 161 valence electrons. The van der Waals surface area contributed by atoms with Crippen molar-refractivity contribution in [1.29, 1.82) is 0 Å². The number of carbonyl (C=O) groups excluding carboxylic acids is 2. The van der Waals surface area contributed by atoms with E-state index in [2.05, 4.69) is 39.9 Å². The Morgan fingerprint density at radius 1 is 1.17 bits per heavy atom. The van der Waals surface area contributed by atoms with E-state index in [0.29, 0.717) is 47.9 Å². The van der Waals surface area contributed by atoms with Crippen LogP contribution in [0.1, 0.15) is 72.1 Å². The van der Waals surface area contributed by atoms with Gasteiger partial charge in [-0.05, 0) is 87.1 Å². The van der Waals surface area contributed by atoms with Crippen LogP contribution >= 0.6 is 0 Å². The molecule has 3 nitrogen and oxygen atoms in total. The summed E-state index contributed by atoms with van der Waals surface area (Å²) in [7, 11) is -0.804. The molecule has 0 saturated heterocycles. The van der Waals surface area contributed by atoms with Crippen molar-refractivity contribution >= 4 is 21.1 Å². The summed E-state index contributed by atoms with van der Waals surface area (Å²) < 4.78 is 6.14. The molecule has 4 aliphatic rings. The molecule has 3 saturated carbocycles. The Bertz CT molecular complexity index is 705. The predicted octanol–water partition coefficient (Wildman–Crippen LogP) is 5.61. The van der Waals surface area contributed by atoms with Crippen molar-refractivity contribution in [3.8, 4) is 0 Å². The molecular weight excluding hydrogens is 376 g/mol. The zero-order chi connectivity index (χ0) is 21.0. The summed E-state index contributed by atoms with van der Waals surface area (Å²) in [6, 6.07) is 0. The molecule has 1 radical (unpaired) electrons. The molecule has 0 N–H and O–H groups in total. The van der Waals surface area contributed by atoms with Crippen LogP contribution in [0.2, 0.25) is 13.1 Å². The minimum Gasteiger partial charge on any atom is -0.416 e. The smallest absolute Gasteiger partial charge is 0.204 e. The van der Waals surface area contributed by atoms with Gasteiger partial charge in [-0.2, -0.15) is 0 Å². The fourth-order valence-electron chi connectivity index (χ4n) is 7.44. The Kier molecular flexibility index (Phi) is 5.51. The highest BCUT2D eigenvalue weighted by Gasteiger charge is 2.62. The maximum atomic E-state index is 13.0. The second kappa shape index (κ2) is 7.44. The minimum absolute atomic E-state index is 0.256. The molecule has 0 spiro atoms. The molecule has 4 rings (SSSR count). The normalized spacial score (nSPS) is 42.1. The number of fused-ring (bicyclic) bond motifs is 5. The van der Waals surface area contributed by atoms with Crippen LogP contribution in [0, 0.1) is 39.9 Å². The van der Waals surface area contributed by atoms with Crippen LogP contribution < -0.4 is 0 Å². The van der Waals surface area contributed by atoms with Gasteiger partial charge in [0.05, 0.1) is 5.41 Å². The topological polar surface area (TPSA) is 43.4 Å². The van der Waals surface area contributed by atoms with Crippen molar-refractivity contribution in [1.82, 2.24) is 0 Å². The number of ketones is 1. The molecule has 29 heavy (non-hydrogen) atoms. The van der Waals surface area contributed by atoms with Crippen molar-refractivity contribution in [2.75, 3.05) is 6.61 Å². The van der Waals surface area contributed by atoms with Crippen LogP contribution in [-0.4, -0.2) is 27.7 Å². The summed E-state index contributed by atoms with van der Waals surface area (Å²) >= 11 is 0. The largest absolute Gasteiger partial charge is 0.416 e. The van der Waals surface area contributed by atoms with E-state index in [1.807, 2.05) is 0 Å². The summed E-state index contributed by atoms with van der Waals surface area (Å²) in [6.07, 6.45) is 11.7. The molecule has 0 amide bonds. The zero-order valence-corrected chi connectivity index (χ0v) is 20.1. The van der Waals surface area contributed by atoms with Crippen molar-refractivity contribution in [2.45, 2.75) is 85.2 Å². The fraction of sp³-hybridized carbons (Fsp3) is 0.840. The van der Waals surface area contributed by atoms with Crippen LogP contribution in [0.25, 0.3) is 0 Å². The Morgan fingerprint density at radius 2 is 1.93 bits per heavy atom. The monoisotopic (exact) mass is 415 g/mol. The molecule has 0 heterocycles. The van der Waals surface area contributed by atoms with E-state index >= 15 is 0 Å². The quantitative estimate of drug-likeness (QED) is 0.341. The average molecular weight is 416 g/mol. The van der Waals surface area contributed by atoms with E-state index in [0.717, 1.165) is 44.9 Å². The highest BCUT2D eigenvalue weighted by atomic mass is 28.3. The van der Waals surface area contributed by atoms with Gasteiger partial charge in [-0.15, -0.1) is 0 Å². The maximum Gasteiger partial charge on any atom is 0.204 e. The van der Waals surface area contributed by atoms with Crippen LogP contribution in [0.15, 0.2) is 11.6 Å². The number of carbonyl (C=O) groups is 2. The van der Waals surface area contributed by atoms with Gasteiger partial charge in [-0.25, -0.2) is 0 Å².